The maximum absolute atomic E-state index is 13.0. The summed E-state index contributed by atoms with van der Waals surface area (Å²) < 4.78 is 11.3. The molecule has 4 heterocycles. The average molecular weight is 533 g/mol. The fraction of sp³-hybridized carbons (Fsp3) is 0.567. The van der Waals surface area contributed by atoms with Crippen molar-refractivity contribution in [2.75, 3.05) is 32.8 Å². The summed E-state index contributed by atoms with van der Waals surface area (Å²) in [6.45, 7) is 5.02. The van der Waals surface area contributed by atoms with Crippen LogP contribution < -0.4 is 15.5 Å². The molecule has 1 spiro atoms. The monoisotopic (exact) mass is 533 g/mol. The van der Waals surface area contributed by atoms with Crippen molar-refractivity contribution in [2.45, 2.75) is 75.0 Å². The minimum atomic E-state index is -1.52. The molecule has 1 amide bonds. The van der Waals surface area contributed by atoms with E-state index in [4.69, 9.17) is 9.47 Å². The molecule has 0 aliphatic carbocycles. The van der Waals surface area contributed by atoms with Crippen LogP contribution >= 0.6 is 0 Å². The lowest BCUT2D eigenvalue weighted by Crippen LogP contribution is -2.57. The Labute approximate surface area is 231 Å². The van der Waals surface area contributed by atoms with Gasteiger partial charge in [0.15, 0.2) is 0 Å². The second-order valence-electron chi connectivity index (χ2n) is 11.8. The molecule has 4 aliphatic rings. The summed E-state index contributed by atoms with van der Waals surface area (Å²) in [5, 5.41) is 22.3. The zero-order valence-corrected chi connectivity index (χ0v) is 22.6. The average Bonchev–Trinajstić information content (AvgIpc) is 3.23. The molecular weight excluding hydrogens is 493 g/mol. The van der Waals surface area contributed by atoms with E-state index in [2.05, 4.69) is 34.5 Å². The van der Waals surface area contributed by atoms with Gasteiger partial charge in [-0.25, -0.2) is 4.79 Å². The highest BCUT2D eigenvalue weighted by molar-refractivity contribution is 6.58. The van der Waals surface area contributed by atoms with Gasteiger partial charge >= 0.3 is 13.2 Å². The fourth-order valence-electron chi connectivity index (χ4n) is 7.48. The Morgan fingerprint density at radius 3 is 2.54 bits per heavy atom. The number of nitrogens with one attached hydrogen (secondary N) is 1. The van der Waals surface area contributed by atoms with Gasteiger partial charge in [0, 0.05) is 43.1 Å². The molecule has 3 saturated heterocycles. The molecule has 3 fully saturated rings. The molecule has 6 rings (SSSR count). The summed E-state index contributed by atoms with van der Waals surface area (Å²) in [4.78, 5) is 17.7. The third-order valence-electron chi connectivity index (χ3n) is 9.50. The number of benzene rings is 2. The maximum atomic E-state index is 13.0. The van der Waals surface area contributed by atoms with E-state index >= 15 is 0 Å². The Morgan fingerprint density at radius 1 is 1.00 bits per heavy atom. The Hall–Kier alpha value is -2.59. The largest absolute Gasteiger partial charge is 0.493 e. The van der Waals surface area contributed by atoms with Crippen molar-refractivity contribution < 1.29 is 24.3 Å². The number of nitrogens with zero attached hydrogens (tertiary/aromatic N) is 2. The van der Waals surface area contributed by atoms with Gasteiger partial charge in [0.25, 0.3) is 0 Å². The molecule has 8 nitrogen and oxygen atoms in total. The Bertz CT molecular complexity index is 1140. The molecule has 208 valence electrons. The van der Waals surface area contributed by atoms with Crippen LogP contribution in [-0.4, -0.2) is 84.0 Å². The Balaban J connectivity index is 0.960. The predicted octanol–water partition coefficient (Wildman–Crippen LogP) is 2.40. The van der Waals surface area contributed by atoms with Crippen molar-refractivity contribution in [1.29, 1.82) is 0 Å². The van der Waals surface area contributed by atoms with Gasteiger partial charge in [0.2, 0.25) is 0 Å². The summed E-state index contributed by atoms with van der Waals surface area (Å²) in [7, 11) is -1.52. The summed E-state index contributed by atoms with van der Waals surface area (Å²) in [6, 6.07) is 16.8. The van der Waals surface area contributed by atoms with Crippen LogP contribution in [0.3, 0.4) is 0 Å². The first-order valence-corrected chi connectivity index (χ1v) is 14.6. The highest BCUT2D eigenvalue weighted by Crippen LogP contribution is 2.43. The van der Waals surface area contributed by atoms with E-state index in [9.17, 15) is 14.8 Å². The number of carbonyl (C=O) groups excluding carboxylic acids is 1. The minimum Gasteiger partial charge on any atom is -0.493 e. The van der Waals surface area contributed by atoms with Gasteiger partial charge < -0.3 is 34.6 Å². The molecule has 2 aromatic carbocycles. The molecule has 2 aromatic rings. The molecule has 4 aliphatic heterocycles. The molecule has 9 heteroatoms. The summed E-state index contributed by atoms with van der Waals surface area (Å²) in [6.07, 6.45) is 7.02. The number of carbonyl (C=O) groups is 1. The third-order valence-corrected chi connectivity index (χ3v) is 9.50. The molecule has 0 radical (unpaired) electrons. The number of ether oxygens (including phenoxy) is 2. The Morgan fingerprint density at radius 2 is 1.77 bits per heavy atom. The van der Waals surface area contributed by atoms with Crippen LogP contribution in [-0.2, 0) is 16.7 Å². The van der Waals surface area contributed by atoms with Crippen molar-refractivity contribution >= 4 is 18.7 Å². The molecule has 2 unspecified atom stereocenters. The first-order chi connectivity index (χ1) is 19.0. The standard InChI is InChI=1S/C30H40BN3O5/c35-29(39-16-4-15-38-27-7-3-6-23(17-27)31(36)37)34-24-9-10-25(34)19-26(18-24)33-13-11-30(12-14-33)21-32-20-22-5-1-2-8-28(22)30/h1-3,5-8,17,24-26,32,36-37H,4,9-16,18-21H2. The highest BCUT2D eigenvalue weighted by atomic mass is 16.6. The van der Waals surface area contributed by atoms with Gasteiger partial charge in [-0.05, 0) is 80.3 Å². The number of likely N-dealkylation sites (tertiary alicyclic amines) is 1. The van der Waals surface area contributed by atoms with Gasteiger partial charge in [-0.2, -0.15) is 0 Å². The summed E-state index contributed by atoms with van der Waals surface area (Å²) in [5.41, 5.74) is 3.67. The number of hydrogen-bond acceptors (Lipinski definition) is 7. The quantitative estimate of drug-likeness (QED) is 0.372. The third kappa shape index (κ3) is 5.55. The van der Waals surface area contributed by atoms with Gasteiger partial charge in [0.1, 0.15) is 5.75 Å². The molecule has 3 N–H and O–H groups in total. The number of hydrogen-bond donors (Lipinski definition) is 3. The molecule has 0 aromatic heterocycles. The van der Waals surface area contributed by atoms with Gasteiger partial charge in [-0.1, -0.05) is 36.4 Å². The number of amides is 1. The van der Waals surface area contributed by atoms with Crippen LogP contribution in [0.15, 0.2) is 48.5 Å². The fourth-order valence-corrected chi connectivity index (χ4v) is 7.48. The van der Waals surface area contributed by atoms with Crippen molar-refractivity contribution in [2.24, 2.45) is 0 Å². The van der Waals surface area contributed by atoms with Crippen LogP contribution in [0.4, 0.5) is 4.79 Å². The topological polar surface area (TPSA) is 94.5 Å². The lowest BCUT2D eigenvalue weighted by Gasteiger charge is -2.49. The van der Waals surface area contributed by atoms with Crippen molar-refractivity contribution in [3.05, 3.63) is 59.7 Å². The van der Waals surface area contributed by atoms with E-state index in [1.807, 2.05) is 4.90 Å². The van der Waals surface area contributed by atoms with E-state index < -0.39 is 7.12 Å². The second kappa shape index (κ2) is 11.5. The molecule has 2 atom stereocenters. The zero-order valence-electron chi connectivity index (χ0n) is 22.6. The summed E-state index contributed by atoms with van der Waals surface area (Å²) in [5.74, 6) is 0.569. The van der Waals surface area contributed by atoms with E-state index in [-0.39, 0.29) is 23.6 Å². The van der Waals surface area contributed by atoms with Crippen LogP contribution in [0, 0.1) is 0 Å². The lowest BCUT2D eigenvalue weighted by molar-refractivity contribution is 0.0238. The summed E-state index contributed by atoms with van der Waals surface area (Å²) >= 11 is 0. The maximum Gasteiger partial charge on any atom is 0.488 e. The number of fused-ring (bicyclic) bond motifs is 4. The Kier molecular flexibility index (Phi) is 7.85. The van der Waals surface area contributed by atoms with Crippen LogP contribution in [0.2, 0.25) is 0 Å². The molecule has 2 bridgehead atoms. The van der Waals surface area contributed by atoms with Crippen LogP contribution in [0.5, 0.6) is 5.75 Å². The van der Waals surface area contributed by atoms with Gasteiger partial charge in [0.05, 0.1) is 13.2 Å². The first kappa shape index (κ1) is 26.6. The van der Waals surface area contributed by atoms with E-state index in [0.717, 1.165) is 51.9 Å². The minimum absolute atomic E-state index is 0.186. The van der Waals surface area contributed by atoms with Crippen molar-refractivity contribution in [1.82, 2.24) is 15.1 Å². The SMILES string of the molecule is O=C(OCCCOc1cccc(B(O)O)c1)N1C2CCC1CC(N1CCC3(CC1)CNCc1ccccc13)C2. The van der Waals surface area contributed by atoms with Crippen LogP contribution in [0.25, 0.3) is 0 Å². The normalized spacial score (nSPS) is 25.8. The number of rotatable bonds is 7. The predicted molar refractivity (Wildman–Crippen MR) is 150 cm³/mol. The molecule has 39 heavy (non-hydrogen) atoms. The van der Waals surface area contributed by atoms with Crippen molar-refractivity contribution in [3.63, 3.8) is 0 Å². The smallest absolute Gasteiger partial charge is 0.488 e. The highest BCUT2D eigenvalue weighted by Gasteiger charge is 2.47. The van der Waals surface area contributed by atoms with Crippen LogP contribution in [0.1, 0.15) is 56.1 Å². The van der Waals surface area contributed by atoms with E-state index in [1.54, 1.807) is 29.8 Å². The zero-order chi connectivity index (χ0) is 26.8. The van der Waals surface area contributed by atoms with Gasteiger partial charge in [-0.3, -0.25) is 0 Å². The lowest BCUT2D eigenvalue weighted by atomic mass is 9.69. The first-order valence-electron chi connectivity index (χ1n) is 14.6. The second-order valence-corrected chi connectivity index (χ2v) is 11.8. The molecule has 0 saturated carbocycles. The molecular formula is C30H40BN3O5. The van der Waals surface area contributed by atoms with E-state index in [1.165, 1.54) is 18.4 Å². The number of piperidine rings is 2. The van der Waals surface area contributed by atoms with Crippen molar-refractivity contribution in [3.8, 4) is 5.75 Å². The van der Waals surface area contributed by atoms with E-state index in [0.29, 0.717) is 36.9 Å². The van der Waals surface area contributed by atoms with Gasteiger partial charge in [-0.15, -0.1) is 0 Å².